The summed E-state index contributed by atoms with van der Waals surface area (Å²) in [6.45, 7) is 3.30. The van der Waals surface area contributed by atoms with Gasteiger partial charge in [-0.2, -0.15) is 0 Å². The van der Waals surface area contributed by atoms with E-state index in [9.17, 15) is 0 Å². The van der Waals surface area contributed by atoms with Crippen molar-refractivity contribution < 1.29 is 9.47 Å². The molecule has 2 rings (SSSR count). The van der Waals surface area contributed by atoms with Crippen LogP contribution < -0.4 is 4.74 Å². The number of hydrogen-bond donors (Lipinski definition) is 0. The standard InChI is InChI=1S/C14H16O2/c1-11-3-4-12-5-6-14(10-13(12)9-11)16-8-7-15-2/h3-6,9-10H,7-8H2,1-2H3. The van der Waals surface area contributed by atoms with E-state index in [2.05, 4.69) is 37.3 Å². The molecule has 0 aliphatic heterocycles. The number of aryl methyl sites for hydroxylation is 1. The van der Waals surface area contributed by atoms with Crippen molar-refractivity contribution in [2.75, 3.05) is 20.3 Å². The van der Waals surface area contributed by atoms with E-state index < -0.39 is 0 Å². The monoisotopic (exact) mass is 216 g/mol. The number of hydrogen-bond acceptors (Lipinski definition) is 2. The van der Waals surface area contributed by atoms with E-state index in [0.29, 0.717) is 13.2 Å². The summed E-state index contributed by atoms with van der Waals surface area (Å²) in [6, 6.07) is 12.6. The number of ether oxygens (including phenoxy) is 2. The van der Waals surface area contributed by atoms with Gasteiger partial charge in [0, 0.05) is 7.11 Å². The molecule has 0 radical (unpaired) electrons. The summed E-state index contributed by atoms with van der Waals surface area (Å²) < 4.78 is 10.5. The lowest BCUT2D eigenvalue weighted by atomic mass is 10.1. The molecule has 0 saturated heterocycles. The van der Waals surface area contributed by atoms with E-state index >= 15 is 0 Å². The van der Waals surface area contributed by atoms with Crippen LogP contribution in [0.2, 0.25) is 0 Å². The van der Waals surface area contributed by atoms with Gasteiger partial charge in [0.25, 0.3) is 0 Å². The maximum absolute atomic E-state index is 5.57. The van der Waals surface area contributed by atoms with Crippen LogP contribution >= 0.6 is 0 Å². The van der Waals surface area contributed by atoms with Crippen molar-refractivity contribution in [3.8, 4) is 5.75 Å². The summed E-state index contributed by atoms with van der Waals surface area (Å²) >= 11 is 0. The summed E-state index contributed by atoms with van der Waals surface area (Å²) in [5.74, 6) is 0.898. The first-order valence-corrected chi connectivity index (χ1v) is 5.42. The fourth-order valence-electron chi connectivity index (χ4n) is 1.68. The van der Waals surface area contributed by atoms with Crippen LogP contribution in [0.25, 0.3) is 10.8 Å². The Morgan fingerprint density at radius 1 is 0.938 bits per heavy atom. The molecule has 0 spiro atoms. The molecular formula is C14H16O2. The van der Waals surface area contributed by atoms with Gasteiger partial charge < -0.3 is 9.47 Å². The molecule has 0 aliphatic rings. The largest absolute Gasteiger partial charge is 0.491 e. The van der Waals surface area contributed by atoms with Crippen molar-refractivity contribution in [2.45, 2.75) is 6.92 Å². The SMILES string of the molecule is COCCOc1ccc2ccc(C)cc2c1. The van der Waals surface area contributed by atoms with Crippen molar-refractivity contribution in [1.29, 1.82) is 0 Å². The molecule has 16 heavy (non-hydrogen) atoms. The van der Waals surface area contributed by atoms with E-state index in [1.165, 1.54) is 16.3 Å². The molecule has 2 nitrogen and oxygen atoms in total. The van der Waals surface area contributed by atoms with E-state index in [0.717, 1.165) is 5.75 Å². The number of methoxy groups -OCH3 is 1. The smallest absolute Gasteiger partial charge is 0.120 e. The molecule has 0 bridgehead atoms. The summed E-state index contributed by atoms with van der Waals surface area (Å²) in [7, 11) is 1.67. The Balaban J connectivity index is 2.21. The molecule has 2 heteroatoms. The third kappa shape index (κ3) is 2.52. The second kappa shape index (κ2) is 4.99. The van der Waals surface area contributed by atoms with Gasteiger partial charge in [0.05, 0.1) is 6.61 Å². The lowest BCUT2D eigenvalue weighted by Gasteiger charge is -2.07. The Morgan fingerprint density at radius 3 is 2.56 bits per heavy atom. The first kappa shape index (κ1) is 11.0. The lowest BCUT2D eigenvalue weighted by Crippen LogP contribution is -2.03. The predicted molar refractivity (Wildman–Crippen MR) is 66.1 cm³/mol. The van der Waals surface area contributed by atoms with Crippen molar-refractivity contribution in [2.24, 2.45) is 0 Å². The van der Waals surface area contributed by atoms with E-state index in [4.69, 9.17) is 9.47 Å². The molecule has 0 heterocycles. The minimum atomic E-state index is 0.591. The zero-order valence-corrected chi connectivity index (χ0v) is 9.69. The normalized spacial score (nSPS) is 10.6. The summed E-state index contributed by atoms with van der Waals surface area (Å²) in [4.78, 5) is 0. The van der Waals surface area contributed by atoms with Gasteiger partial charge in [0.15, 0.2) is 0 Å². The highest BCUT2D eigenvalue weighted by Gasteiger charge is 1.97. The van der Waals surface area contributed by atoms with Gasteiger partial charge in [-0.05, 0) is 29.8 Å². The third-order valence-corrected chi connectivity index (χ3v) is 2.52. The molecule has 0 aromatic heterocycles. The van der Waals surface area contributed by atoms with Crippen molar-refractivity contribution in [3.63, 3.8) is 0 Å². The number of fused-ring (bicyclic) bond motifs is 1. The molecule has 0 amide bonds. The van der Waals surface area contributed by atoms with E-state index in [1.807, 2.05) is 6.07 Å². The van der Waals surface area contributed by atoms with Crippen molar-refractivity contribution >= 4 is 10.8 Å². The molecule has 0 fully saturated rings. The fraction of sp³-hybridized carbons (Fsp3) is 0.286. The van der Waals surface area contributed by atoms with Crippen molar-refractivity contribution in [1.82, 2.24) is 0 Å². The minimum absolute atomic E-state index is 0.591. The molecule has 84 valence electrons. The second-order valence-corrected chi connectivity index (χ2v) is 3.85. The topological polar surface area (TPSA) is 18.5 Å². The third-order valence-electron chi connectivity index (χ3n) is 2.52. The van der Waals surface area contributed by atoms with E-state index in [1.54, 1.807) is 7.11 Å². The van der Waals surface area contributed by atoms with Gasteiger partial charge in [0.1, 0.15) is 12.4 Å². The average molecular weight is 216 g/mol. The van der Waals surface area contributed by atoms with Gasteiger partial charge in [-0.25, -0.2) is 0 Å². The first-order valence-electron chi connectivity index (χ1n) is 5.42. The van der Waals surface area contributed by atoms with Crippen LogP contribution in [0.5, 0.6) is 5.75 Å². The summed E-state index contributed by atoms with van der Waals surface area (Å²) in [5, 5.41) is 2.46. The minimum Gasteiger partial charge on any atom is -0.491 e. The Kier molecular flexibility index (Phi) is 3.42. The summed E-state index contributed by atoms with van der Waals surface area (Å²) in [5.41, 5.74) is 1.27. The quantitative estimate of drug-likeness (QED) is 0.731. The van der Waals surface area contributed by atoms with Crippen LogP contribution in [0.1, 0.15) is 5.56 Å². The zero-order chi connectivity index (χ0) is 11.4. The Labute approximate surface area is 95.8 Å². The van der Waals surface area contributed by atoms with Crippen LogP contribution in [-0.4, -0.2) is 20.3 Å². The Hall–Kier alpha value is -1.54. The molecule has 0 unspecified atom stereocenters. The van der Waals surface area contributed by atoms with Gasteiger partial charge in [-0.15, -0.1) is 0 Å². The molecular weight excluding hydrogens is 200 g/mol. The molecule has 0 N–H and O–H groups in total. The molecule has 0 saturated carbocycles. The average Bonchev–Trinajstić information content (AvgIpc) is 2.29. The van der Waals surface area contributed by atoms with Gasteiger partial charge >= 0.3 is 0 Å². The van der Waals surface area contributed by atoms with Crippen LogP contribution in [0, 0.1) is 6.92 Å². The van der Waals surface area contributed by atoms with Crippen LogP contribution in [0.3, 0.4) is 0 Å². The highest BCUT2D eigenvalue weighted by atomic mass is 16.5. The number of benzene rings is 2. The highest BCUT2D eigenvalue weighted by molar-refractivity contribution is 5.84. The molecule has 2 aromatic rings. The summed E-state index contributed by atoms with van der Waals surface area (Å²) in [6.07, 6.45) is 0. The van der Waals surface area contributed by atoms with Crippen LogP contribution in [-0.2, 0) is 4.74 Å². The predicted octanol–water partition coefficient (Wildman–Crippen LogP) is 3.17. The Morgan fingerprint density at radius 2 is 1.75 bits per heavy atom. The lowest BCUT2D eigenvalue weighted by molar-refractivity contribution is 0.146. The van der Waals surface area contributed by atoms with Gasteiger partial charge in [-0.1, -0.05) is 29.8 Å². The molecule has 0 atom stereocenters. The van der Waals surface area contributed by atoms with Crippen molar-refractivity contribution in [3.05, 3.63) is 42.0 Å². The highest BCUT2D eigenvalue weighted by Crippen LogP contribution is 2.21. The second-order valence-electron chi connectivity index (χ2n) is 3.85. The van der Waals surface area contributed by atoms with Crippen LogP contribution in [0.4, 0.5) is 0 Å². The van der Waals surface area contributed by atoms with E-state index in [-0.39, 0.29) is 0 Å². The number of rotatable bonds is 4. The zero-order valence-electron chi connectivity index (χ0n) is 9.69. The van der Waals surface area contributed by atoms with Gasteiger partial charge in [0.2, 0.25) is 0 Å². The first-order chi connectivity index (χ1) is 7.79. The maximum atomic E-state index is 5.57. The van der Waals surface area contributed by atoms with Crippen LogP contribution in [0.15, 0.2) is 36.4 Å². The van der Waals surface area contributed by atoms with Gasteiger partial charge in [-0.3, -0.25) is 0 Å². The maximum Gasteiger partial charge on any atom is 0.120 e. The Bertz CT molecular complexity index is 477. The molecule has 2 aromatic carbocycles. The molecule has 0 aliphatic carbocycles. The fourth-order valence-corrected chi connectivity index (χ4v) is 1.68.